The zero-order valence-electron chi connectivity index (χ0n) is 30.3. The Morgan fingerprint density at radius 2 is 0.962 bits per heavy atom. The summed E-state index contributed by atoms with van der Waals surface area (Å²) in [4.78, 5) is 4.84. The minimum atomic E-state index is -0.227. The molecule has 0 N–H and O–H groups in total. The standard InChI is InChI=1S/C51H42N2/c1-51(2)47-20-12-13-21-49(47)53(45-32-26-42(27-33-45)39-18-10-5-11-19-39)50-35-34-46(36-48(50)51)52(43-28-22-40(23-29-43)37-14-6-3-7-15-37)44-30-24-41(25-31-44)38-16-8-4-9-17-38/h3,5-8,10-36H,4,9H2,1-2H3. The van der Waals surface area contributed by atoms with Gasteiger partial charge in [0.1, 0.15) is 0 Å². The van der Waals surface area contributed by atoms with Gasteiger partial charge in [0.2, 0.25) is 0 Å². The molecule has 0 fully saturated rings. The van der Waals surface area contributed by atoms with Crippen LogP contribution in [0.2, 0.25) is 0 Å². The molecule has 53 heavy (non-hydrogen) atoms. The number of rotatable bonds is 7. The zero-order chi connectivity index (χ0) is 35.8. The van der Waals surface area contributed by atoms with E-state index in [0.29, 0.717) is 0 Å². The summed E-state index contributed by atoms with van der Waals surface area (Å²) >= 11 is 0. The molecule has 1 heterocycles. The van der Waals surface area contributed by atoms with E-state index in [2.05, 4.69) is 218 Å². The first kappa shape index (κ1) is 32.5. The van der Waals surface area contributed by atoms with E-state index in [1.54, 1.807) is 0 Å². The Morgan fingerprint density at radius 3 is 1.57 bits per heavy atom. The van der Waals surface area contributed by atoms with Gasteiger partial charge in [0.25, 0.3) is 0 Å². The van der Waals surface area contributed by atoms with E-state index in [0.717, 1.165) is 35.6 Å². The molecule has 0 atom stereocenters. The number of anilines is 6. The average Bonchev–Trinajstić information content (AvgIpc) is 3.23. The van der Waals surface area contributed by atoms with Crippen LogP contribution in [0, 0.1) is 0 Å². The summed E-state index contributed by atoms with van der Waals surface area (Å²) in [5.74, 6) is 0. The van der Waals surface area contributed by atoms with Crippen LogP contribution in [0.1, 0.15) is 43.4 Å². The Balaban J connectivity index is 1.16. The van der Waals surface area contributed by atoms with Crippen LogP contribution in [0.5, 0.6) is 0 Å². The molecule has 0 bridgehead atoms. The van der Waals surface area contributed by atoms with Crippen molar-refractivity contribution < 1.29 is 0 Å². The minimum absolute atomic E-state index is 0.227. The molecule has 0 saturated carbocycles. The zero-order valence-corrected chi connectivity index (χ0v) is 30.3. The van der Waals surface area contributed by atoms with Gasteiger partial charge in [0.15, 0.2) is 0 Å². The number of hydrogen-bond acceptors (Lipinski definition) is 2. The first-order chi connectivity index (χ1) is 26.0. The molecule has 7 aromatic carbocycles. The van der Waals surface area contributed by atoms with Crippen LogP contribution >= 0.6 is 0 Å². The van der Waals surface area contributed by atoms with Gasteiger partial charge in [-0.25, -0.2) is 0 Å². The normalized spacial score (nSPS) is 14.2. The Bertz CT molecular complexity index is 2440. The minimum Gasteiger partial charge on any atom is -0.310 e. The van der Waals surface area contributed by atoms with Crippen molar-refractivity contribution in [2.45, 2.75) is 32.1 Å². The van der Waals surface area contributed by atoms with Crippen molar-refractivity contribution in [1.82, 2.24) is 0 Å². The van der Waals surface area contributed by atoms with E-state index in [-0.39, 0.29) is 5.41 Å². The maximum Gasteiger partial charge on any atom is 0.0504 e. The number of benzene rings is 7. The molecule has 2 heteroatoms. The van der Waals surface area contributed by atoms with E-state index in [4.69, 9.17) is 0 Å². The Hall–Kier alpha value is -6.38. The van der Waals surface area contributed by atoms with Crippen molar-refractivity contribution in [2.24, 2.45) is 0 Å². The fourth-order valence-corrected chi connectivity index (χ4v) is 8.05. The lowest BCUT2D eigenvalue weighted by atomic mass is 9.73. The van der Waals surface area contributed by atoms with Gasteiger partial charge < -0.3 is 9.80 Å². The van der Waals surface area contributed by atoms with Crippen molar-refractivity contribution in [3.8, 4) is 22.3 Å². The molecule has 0 saturated heterocycles. The van der Waals surface area contributed by atoms with Gasteiger partial charge in [-0.3, -0.25) is 0 Å². The van der Waals surface area contributed by atoms with Crippen molar-refractivity contribution in [2.75, 3.05) is 9.80 Å². The number of fused-ring (bicyclic) bond motifs is 2. The molecule has 7 aromatic rings. The summed E-state index contributed by atoms with van der Waals surface area (Å²) in [6.45, 7) is 4.73. The predicted molar refractivity (Wildman–Crippen MR) is 225 cm³/mol. The average molecular weight is 683 g/mol. The monoisotopic (exact) mass is 682 g/mol. The second-order valence-corrected chi connectivity index (χ2v) is 14.5. The first-order valence-electron chi connectivity index (χ1n) is 18.7. The van der Waals surface area contributed by atoms with Gasteiger partial charge in [-0.2, -0.15) is 0 Å². The molecular weight excluding hydrogens is 641 g/mol. The summed E-state index contributed by atoms with van der Waals surface area (Å²) in [6, 6.07) is 64.2. The lowest BCUT2D eigenvalue weighted by Gasteiger charge is -2.42. The fraction of sp³-hybridized carbons (Fsp3) is 0.0980. The molecule has 2 aliphatic rings. The molecule has 0 radical (unpaired) electrons. The molecular formula is C51H42N2. The maximum atomic E-state index is 2.44. The Morgan fingerprint density at radius 1 is 0.453 bits per heavy atom. The van der Waals surface area contributed by atoms with Crippen LogP contribution in [0.15, 0.2) is 194 Å². The van der Waals surface area contributed by atoms with Gasteiger partial charge in [-0.15, -0.1) is 0 Å². The topological polar surface area (TPSA) is 6.48 Å². The molecule has 1 aliphatic heterocycles. The van der Waals surface area contributed by atoms with E-state index >= 15 is 0 Å². The summed E-state index contributed by atoms with van der Waals surface area (Å²) in [5.41, 5.74) is 16.7. The van der Waals surface area contributed by atoms with E-state index < -0.39 is 0 Å². The van der Waals surface area contributed by atoms with Crippen molar-refractivity contribution in [3.63, 3.8) is 0 Å². The van der Waals surface area contributed by atoms with Gasteiger partial charge in [0, 0.05) is 28.2 Å². The third-order valence-electron chi connectivity index (χ3n) is 10.9. The summed E-state index contributed by atoms with van der Waals surface area (Å²) in [6.07, 6.45) is 9.08. The van der Waals surface area contributed by atoms with Crippen LogP contribution < -0.4 is 9.80 Å². The van der Waals surface area contributed by atoms with E-state index in [9.17, 15) is 0 Å². The van der Waals surface area contributed by atoms with Crippen molar-refractivity contribution >= 4 is 39.7 Å². The number of nitrogens with zero attached hydrogens (tertiary/aromatic N) is 2. The highest BCUT2D eigenvalue weighted by molar-refractivity contribution is 5.89. The molecule has 0 aromatic heterocycles. The second-order valence-electron chi connectivity index (χ2n) is 14.5. The van der Waals surface area contributed by atoms with E-state index in [1.807, 2.05) is 0 Å². The van der Waals surface area contributed by atoms with Gasteiger partial charge in [0.05, 0.1) is 11.4 Å². The van der Waals surface area contributed by atoms with Gasteiger partial charge in [-0.05, 0) is 118 Å². The van der Waals surface area contributed by atoms with Gasteiger partial charge in [-0.1, -0.05) is 147 Å². The predicted octanol–water partition coefficient (Wildman–Crippen LogP) is 14.3. The number of allylic oxidation sites excluding steroid dienone is 4. The summed E-state index contributed by atoms with van der Waals surface area (Å²) < 4.78 is 0. The van der Waals surface area contributed by atoms with Crippen molar-refractivity contribution in [3.05, 3.63) is 211 Å². The Kier molecular flexibility index (Phi) is 8.37. The molecule has 256 valence electrons. The SMILES string of the molecule is CC1(C)c2ccccc2N(c2ccc(-c3ccccc3)cc2)c2ccc(N(c3ccc(C4=CCCC=C4)cc3)c3ccc(-c4ccccc4)cc3)cc21. The highest BCUT2D eigenvalue weighted by Crippen LogP contribution is 2.53. The summed E-state index contributed by atoms with van der Waals surface area (Å²) in [7, 11) is 0. The maximum absolute atomic E-state index is 2.44. The van der Waals surface area contributed by atoms with Crippen LogP contribution in [-0.2, 0) is 5.41 Å². The van der Waals surface area contributed by atoms with Gasteiger partial charge >= 0.3 is 0 Å². The highest BCUT2D eigenvalue weighted by Gasteiger charge is 2.37. The van der Waals surface area contributed by atoms with Crippen LogP contribution in [0.3, 0.4) is 0 Å². The molecule has 0 amide bonds. The lowest BCUT2D eigenvalue weighted by molar-refractivity contribution is 0.632. The molecule has 0 unspecified atom stereocenters. The second kappa shape index (κ2) is 13.6. The van der Waals surface area contributed by atoms with Crippen LogP contribution in [0.25, 0.3) is 27.8 Å². The van der Waals surface area contributed by atoms with E-state index in [1.165, 1.54) is 55.9 Å². The lowest BCUT2D eigenvalue weighted by Crippen LogP contribution is -2.31. The third-order valence-corrected chi connectivity index (χ3v) is 10.9. The number of para-hydroxylation sites is 1. The summed E-state index contributed by atoms with van der Waals surface area (Å²) in [5, 5.41) is 0. The smallest absolute Gasteiger partial charge is 0.0504 e. The van der Waals surface area contributed by atoms with Crippen LogP contribution in [0.4, 0.5) is 34.1 Å². The first-order valence-corrected chi connectivity index (χ1v) is 18.7. The van der Waals surface area contributed by atoms with Crippen molar-refractivity contribution in [1.29, 1.82) is 0 Å². The van der Waals surface area contributed by atoms with Crippen LogP contribution in [-0.4, -0.2) is 0 Å². The highest BCUT2D eigenvalue weighted by atomic mass is 15.2. The fourth-order valence-electron chi connectivity index (χ4n) is 8.05. The molecule has 0 spiro atoms. The Labute approximate surface area is 313 Å². The third kappa shape index (κ3) is 6.07. The number of hydrogen-bond donors (Lipinski definition) is 0. The molecule has 1 aliphatic carbocycles. The quantitative estimate of drug-likeness (QED) is 0.165. The molecule has 9 rings (SSSR count). The molecule has 2 nitrogen and oxygen atoms in total. The largest absolute Gasteiger partial charge is 0.310 e.